The molecule has 0 aliphatic carbocycles. The zero-order chi connectivity index (χ0) is 17.0. The predicted molar refractivity (Wildman–Crippen MR) is 94.4 cm³/mol. The van der Waals surface area contributed by atoms with Gasteiger partial charge in [0.15, 0.2) is 0 Å². The largest absolute Gasteiger partial charge is 0.496 e. The van der Waals surface area contributed by atoms with Crippen molar-refractivity contribution in [2.45, 2.75) is 19.9 Å². The first-order chi connectivity index (χ1) is 10.9. The highest BCUT2D eigenvalue weighted by Crippen LogP contribution is 2.26. The molecule has 0 saturated heterocycles. The van der Waals surface area contributed by atoms with Crippen molar-refractivity contribution in [2.75, 3.05) is 26.1 Å². The van der Waals surface area contributed by atoms with Crippen molar-refractivity contribution in [1.29, 1.82) is 0 Å². The summed E-state index contributed by atoms with van der Waals surface area (Å²) in [4.78, 5) is 14.4. The van der Waals surface area contributed by atoms with E-state index in [9.17, 15) is 4.79 Å². The van der Waals surface area contributed by atoms with Gasteiger partial charge in [-0.1, -0.05) is 17.7 Å². The van der Waals surface area contributed by atoms with E-state index in [1.54, 1.807) is 7.11 Å². The number of amides is 1. The predicted octanol–water partition coefficient (Wildman–Crippen LogP) is 3.56. The first-order valence-electron chi connectivity index (χ1n) is 7.65. The Hall–Kier alpha value is -2.49. The van der Waals surface area contributed by atoms with Crippen LogP contribution in [-0.2, 0) is 0 Å². The van der Waals surface area contributed by atoms with Crippen molar-refractivity contribution < 1.29 is 9.53 Å². The third kappa shape index (κ3) is 4.03. The lowest BCUT2D eigenvalue weighted by Crippen LogP contribution is -2.27. The summed E-state index contributed by atoms with van der Waals surface area (Å²) in [7, 11) is 5.59. The number of aryl methyl sites for hydroxylation is 1. The van der Waals surface area contributed by atoms with Crippen LogP contribution in [0.5, 0.6) is 5.75 Å². The zero-order valence-electron chi connectivity index (χ0n) is 14.4. The van der Waals surface area contributed by atoms with Gasteiger partial charge < -0.3 is 15.0 Å². The molecule has 0 aliphatic heterocycles. The third-order valence-electron chi connectivity index (χ3n) is 3.85. The Kier molecular flexibility index (Phi) is 5.27. The molecule has 0 radical (unpaired) electrons. The smallest absolute Gasteiger partial charge is 0.251 e. The molecular formula is C19H24N2O2. The number of nitrogens with zero attached hydrogens (tertiary/aromatic N) is 1. The lowest BCUT2D eigenvalue weighted by molar-refractivity contribution is 0.0939. The van der Waals surface area contributed by atoms with Crippen LogP contribution in [0.2, 0.25) is 0 Å². The van der Waals surface area contributed by atoms with Crippen LogP contribution in [0, 0.1) is 6.92 Å². The summed E-state index contributed by atoms with van der Waals surface area (Å²) in [6, 6.07) is 13.4. The number of methoxy groups -OCH3 is 1. The normalized spacial score (nSPS) is 11.7. The molecule has 122 valence electrons. The van der Waals surface area contributed by atoms with Crippen molar-refractivity contribution in [3.05, 3.63) is 59.2 Å². The van der Waals surface area contributed by atoms with Gasteiger partial charge in [0.05, 0.1) is 13.2 Å². The van der Waals surface area contributed by atoms with Crippen LogP contribution >= 0.6 is 0 Å². The minimum absolute atomic E-state index is 0.0913. The first kappa shape index (κ1) is 16.9. The minimum atomic E-state index is -0.133. The van der Waals surface area contributed by atoms with Gasteiger partial charge in [-0.3, -0.25) is 4.79 Å². The fourth-order valence-electron chi connectivity index (χ4n) is 2.46. The lowest BCUT2D eigenvalue weighted by Gasteiger charge is -2.18. The quantitative estimate of drug-likeness (QED) is 0.918. The van der Waals surface area contributed by atoms with Gasteiger partial charge in [-0.2, -0.15) is 0 Å². The van der Waals surface area contributed by atoms with E-state index in [1.807, 2.05) is 75.3 Å². The molecule has 2 aromatic carbocycles. The maximum Gasteiger partial charge on any atom is 0.251 e. The SMILES string of the molecule is COc1ccc(C)cc1[C@@H](C)NC(=O)c1ccc(N(C)C)cc1. The standard InChI is InChI=1S/C19H24N2O2/c1-13-6-11-18(23-5)17(12-13)14(2)20-19(22)15-7-9-16(10-8-15)21(3)4/h6-12,14H,1-5H3,(H,20,22)/t14-/m1/s1. The second kappa shape index (κ2) is 7.18. The van der Waals surface area contributed by atoms with Crippen LogP contribution < -0.4 is 15.0 Å². The molecule has 23 heavy (non-hydrogen) atoms. The molecule has 1 N–H and O–H groups in total. The highest BCUT2D eigenvalue weighted by atomic mass is 16.5. The zero-order valence-corrected chi connectivity index (χ0v) is 14.4. The van der Waals surface area contributed by atoms with E-state index in [4.69, 9.17) is 4.74 Å². The fourth-order valence-corrected chi connectivity index (χ4v) is 2.46. The van der Waals surface area contributed by atoms with E-state index in [2.05, 4.69) is 5.32 Å². The maximum absolute atomic E-state index is 12.4. The second-order valence-corrected chi connectivity index (χ2v) is 5.88. The number of hydrogen-bond donors (Lipinski definition) is 1. The van der Waals surface area contributed by atoms with Gasteiger partial charge >= 0.3 is 0 Å². The Morgan fingerprint density at radius 1 is 1.13 bits per heavy atom. The van der Waals surface area contributed by atoms with Gasteiger partial charge in [0.25, 0.3) is 5.91 Å². The van der Waals surface area contributed by atoms with Gasteiger partial charge in [0.1, 0.15) is 5.75 Å². The number of benzene rings is 2. The average Bonchev–Trinajstić information content (AvgIpc) is 2.54. The van der Waals surface area contributed by atoms with Gasteiger partial charge in [-0.05, 0) is 44.2 Å². The van der Waals surface area contributed by atoms with Crippen LogP contribution in [-0.4, -0.2) is 27.1 Å². The van der Waals surface area contributed by atoms with Gasteiger partial charge in [0.2, 0.25) is 0 Å². The molecule has 0 saturated carbocycles. The van der Waals surface area contributed by atoms with Crippen molar-refractivity contribution in [3.63, 3.8) is 0 Å². The molecule has 0 bridgehead atoms. The van der Waals surface area contributed by atoms with Crippen LogP contribution in [0.25, 0.3) is 0 Å². The topological polar surface area (TPSA) is 41.6 Å². The number of carbonyl (C=O) groups excluding carboxylic acids is 1. The molecule has 0 spiro atoms. The van der Waals surface area contributed by atoms with Crippen molar-refractivity contribution in [3.8, 4) is 5.75 Å². The van der Waals surface area contributed by atoms with Crippen molar-refractivity contribution >= 4 is 11.6 Å². The number of rotatable bonds is 5. The van der Waals surface area contributed by atoms with E-state index < -0.39 is 0 Å². The molecule has 0 heterocycles. The number of nitrogens with one attached hydrogen (secondary N) is 1. The summed E-state index contributed by atoms with van der Waals surface area (Å²) >= 11 is 0. The molecule has 0 unspecified atom stereocenters. The summed E-state index contributed by atoms with van der Waals surface area (Å²) in [5.74, 6) is 0.692. The lowest BCUT2D eigenvalue weighted by atomic mass is 10.0. The van der Waals surface area contributed by atoms with Gasteiger partial charge in [0, 0.05) is 30.9 Å². The fraction of sp³-hybridized carbons (Fsp3) is 0.316. The van der Waals surface area contributed by atoms with Crippen LogP contribution in [0.1, 0.15) is 34.5 Å². The van der Waals surface area contributed by atoms with Crippen LogP contribution in [0.4, 0.5) is 5.69 Å². The summed E-state index contributed by atoms with van der Waals surface area (Å²) in [6.07, 6.45) is 0. The van der Waals surface area contributed by atoms with E-state index in [-0.39, 0.29) is 11.9 Å². The van der Waals surface area contributed by atoms with E-state index >= 15 is 0 Å². The molecule has 1 atom stereocenters. The molecular weight excluding hydrogens is 288 g/mol. The molecule has 0 aliphatic rings. The third-order valence-corrected chi connectivity index (χ3v) is 3.85. The highest BCUT2D eigenvalue weighted by molar-refractivity contribution is 5.94. The van der Waals surface area contributed by atoms with Crippen molar-refractivity contribution in [2.24, 2.45) is 0 Å². The Morgan fingerprint density at radius 2 is 1.78 bits per heavy atom. The monoisotopic (exact) mass is 312 g/mol. The van der Waals surface area contributed by atoms with E-state index in [0.717, 1.165) is 22.6 Å². The van der Waals surface area contributed by atoms with Gasteiger partial charge in [-0.15, -0.1) is 0 Å². The Morgan fingerprint density at radius 3 is 2.35 bits per heavy atom. The molecule has 1 amide bonds. The number of carbonyl (C=O) groups is 1. The van der Waals surface area contributed by atoms with Gasteiger partial charge in [-0.25, -0.2) is 0 Å². The molecule has 0 aromatic heterocycles. The number of hydrogen-bond acceptors (Lipinski definition) is 3. The van der Waals surface area contributed by atoms with Crippen LogP contribution in [0.15, 0.2) is 42.5 Å². The molecule has 0 fully saturated rings. The van der Waals surface area contributed by atoms with E-state index in [0.29, 0.717) is 5.56 Å². The van der Waals surface area contributed by atoms with Crippen LogP contribution in [0.3, 0.4) is 0 Å². The maximum atomic E-state index is 12.4. The number of ether oxygens (including phenoxy) is 1. The van der Waals surface area contributed by atoms with Crippen molar-refractivity contribution in [1.82, 2.24) is 5.32 Å². The Balaban J connectivity index is 2.15. The van der Waals surface area contributed by atoms with E-state index in [1.165, 1.54) is 0 Å². The summed E-state index contributed by atoms with van der Waals surface area (Å²) in [5.41, 5.74) is 3.83. The summed E-state index contributed by atoms with van der Waals surface area (Å²) in [6.45, 7) is 3.99. The molecule has 4 nitrogen and oxygen atoms in total. The second-order valence-electron chi connectivity index (χ2n) is 5.88. The highest BCUT2D eigenvalue weighted by Gasteiger charge is 2.15. The molecule has 4 heteroatoms. The molecule has 2 rings (SSSR count). The average molecular weight is 312 g/mol. The summed E-state index contributed by atoms with van der Waals surface area (Å²) in [5, 5.41) is 3.03. The number of anilines is 1. The Bertz CT molecular complexity index is 678. The minimum Gasteiger partial charge on any atom is -0.496 e. The summed E-state index contributed by atoms with van der Waals surface area (Å²) < 4.78 is 5.39. The first-order valence-corrected chi connectivity index (χ1v) is 7.65. The Labute approximate surface area is 138 Å². The molecule has 2 aromatic rings.